The quantitative estimate of drug-likeness (QED) is 0.546. The third kappa shape index (κ3) is 2.98. The van der Waals surface area contributed by atoms with Crippen LogP contribution >= 0.6 is 34.5 Å². The maximum atomic E-state index is 12.4. The second-order valence-corrected chi connectivity index (χ2v) is 7.73. The summed E-state index contributed by atoms with van der Waals surface area (Å²) in [6, 6.07) is 8.88. The Morgan fingerprint density at radius 1 is 1.19 bits per heavy atom. The van der Waals surface area contributed by atoms with Crippen LogP contribution in [0.3, 0.4) is 0 Å². The van der Waals surface area contributed by atoms with Gasteiger partial charge in [0.1, 0.15) is 0 Å². The molecule has 4 rings (SSSR count). The van der Waals surface area contributed by atoms with E-state index in [0.717, 1.165) is 27.5 Å². The van der Waals surface area contributed by atoms with E-state index in [2.05, 4.69) is 10.3 Å². The van der Waals surface area contributed by atoms with E-state index >= 15 is 0 Å². The first-order valence-corrected chi connectivity index (χ1v) is 9.34. The number of nitrogens with zero attached hydrogens (tertiary/aromatic N) is 1. The molecule has 2 aromatic carbocycles. The molecule has 1 aromatic heterocycles. The molecule has 1 amide bonds. The van der Waals surface area contributed by atoms with Gasteiger partial charge in [-0.1, -0.05) is 29.3 Å². The zero-order valence-electron chi connectivity index (χ0n) is 13.5. The monoisotopic (exact) mass is 402 g/mol. The second kappa shape index (κ2) is 6.43. The minimum atomic E-state index is -0.202. The smallest absolute Gasteiger partial charge is 0.256 e. The fourth-order valence-electron chi connectivity index (χ4n) is 2.82. The summed E-state index contributed by atoms with van der Waals surface area (Å²) < 4.78 is 0. The van der Waals surface area contributed by atoms with E-state index in [1.165, 1.54) is 0 Å². The predicted molar refractivity (Wildman–Crippen MR) is 107 cm³/mol. The number of rotatable bonds is 2. The molecule has 3 aromatic rings. The molecule has 2 N–H and O–H groups in total. The Hall–Kier alpha value is -2.34. The van der Waals surface area contributed by atoms with Gasteiger partial charge in [-0.3, -0.25) is 4.79 Å². The number of fused-ring (bicyclic) bond motifs is 1. The molecule has 0 aliphatic carbocycles. The Kier molecular flexibility index (Phi) is 4.23. The Bertz CT molecular complexity index is 1070. The highest BCUT2D eigenvalue weighted by Gasteiger charge is 2.25. The third-order valence-electron chi connectivity index (χ3n) is 4.07. The molecule has 0 saturated carbocycles. The molecule has 1 aliphatic heterocycles. The van der Waals surface area contributed by atoms with Crippen LogP contribution in [0.1, 0.15) is 16.1 Å². The van der Waals surface area contributed by atoms with Crippen molar-refractivity contribution in [1.82, 2.24) is 4.98 Å². The van der Waals surface area contributed by atoms with Crippen LogP contribution in [-0.4, -0.2) is 16.0 Å². The highest BCUT2D eigenvalue weighted by molar-refractivity contribution is 7.09. The van der Waals surface area contributed by atoms with Gasteiger partial charge in [0, 0.05) is 27.8 Å². The summed E-state index contributed by atoms with van der Waals surface area (Å²) in [6.45, 7) is 1.95. The molecule has 0 bridgehead atoms. The van der Waals surface area contributed by atoms with Crippen LogP contribution in [0.25, 0.3) is 22.9 Å². The molecular formula is C19H12Cl2N2O2S. The van der Waals surface area contributed by atoms with Crippen LogP contribution in [0.15, 0.2) is 35.7 Å². The number of benzene rings is 2. The number of aromatic hydroxyl groups is 1. The van der Waals surface area contributed by atoms with E-state index in [9.17, 15) is 9.90 Å². The van der Waals surface area contributed by atoms with Crippen molar-refractivity contribution in [2.24, 2.45) is 0 Å². The number of hydrogen-bond donors (Lipinski definition) is 2. The van der Waals surface area contributed by atoms with Crippen molar-refractivity contribution >= 4 is 57.8 Å². The van der Waals surface area contributed by atoms with Crippen LogP contribution in [-0.2, 0) is 4.79 Å². The van der Waals surface area contributed by atoms with Crippen LogP contribution in [0.2, 0.25) is 10.0 Å². The second-order valence-electron chi connectivity index (χ2n) is 5.86. The molecule has 0 unspecified atom stereocenters. The van der Waals surface area contributed by atoms with Gasteiger partial charge in [0.25, 0.3) is 5.91 Å². The lowest BCUT2D eigenvalue weighted by Crippen LogP contribution is -2.03. The zero-order chi connectivity index (χ0) is 18.4. The van der Waals surface area contributed by atoms with Gasteiger partial charge in [-0.2, -0.15) is 0 Å². The molecule has 1 aliphatic rings. The first-order chi connectivity index (χ1) is 12.4. The maximum Gasteiger partial charge on any atom is 0.256 e. The zero-order valence-corrected chi connectivity index (χ0v) is 15.8. The van der Waals surface area contributed by atoms with Gasteiger partial charge in [0.05, 0.1) is 20.7 Å². The van der Waals surface area contributed by atoms with Gasteiger partial charge >= 0.3 is 0 Å². The summed E-state index contributed by atoms with van der Waals surface area (Å²) in [5, 5.41) is 15.8. The number of phenolic OH excluding ortho intramolecular Hbond substituents is 1. The van der Waals surface area contributed by atoms with Gasteiger partial charge < -0.3 is 10.4 Å². The highest BCUT2D eigenvalue weighted by Crippen LogP contribution is 2.38. The van der Waals surface area contributed by atoms with E-state index < -0.39 is 0 Å². The lowest BCUT2D eigenvalue weighted by atomic mass is 10.0. The summed E-state index contributed by atoms with van der Waals surface area (Å²) >= 11 is 13.5. The fourth-order valence-corrected chi connectivity index (χ4v) is 3.95. The van der Waals surface area contributed by atoms with Crippen molar-refractivity contribution in [1.29, 1.82) is 0 Å². The number of aromatic nitrogens is 1. The lowest BCUT2D eigenvalue weighted by molar-refractivity contribution is -0.110. The molecule has 0 fully saturated rings. The molecule has 0 atom stereocenters. The van der Waals surface area contributed by atoms with Crippen molar-refractivity contribution in [2.75, 3.05) is 5.32 Å². The molecule has 0 radical (unpaired) electrons. The van der Waals surface area contributed by atoms with Gasteiger partial charge in [0.15, 0.2) is 5.75 Å². The average molecular weight is 403 g/mol. The van der Waals surface area contributed by atoms with Crippen molar-refractivity contribution in [2.45, 2.75) is 6.92 Å². The van der Waals surface area contributed by atoms with Crippen molar-refractivity contribution < 1.29 is 9.90 Å². The first kappa shape index (κ1) is 17.1. The predicted octanol–water partition coefficient (Wildman–Crippen LogP) is 5.62. The average Bonchev–Trinajstić information content (AvgIpc) is 3.16. The molecular weight excluding hydrogens is 391 g/mol. The molecule has 130 valence electrons. The summed E-state index contributed by atoms with van der Waals surface area (Å²) in [4.78, 5) is 16.9. The molecule has 2 heterocycles. The molecule has 0 saturated heterocycles. The van der Waals surface area contributed by atoms with E-state index in [1.54, 1.807) is 29.5 Å². The topological polar surface area (TPSA) is 62.2 Å². The number of amides is 1. The molecule has 0 spiro atoms. The number of carbonyl (C=O) groups excluding carboxylic acids is 1. The van der Waals surface area contributed by atoms with Crippen LogP contribution in [0, 0.1) is 6.92 Å². The number of phenols is 1. The number of carbonyl (C=O) groups is 1. The Labute approximate surface area is 163 Å². The Morgan fingerprint density at radius 3 is 2.58 bits per heavy atom. The van der Waals surface area contributed by atoms with Gasteiger partial charge in [-0.05, 0) is 42.8 Å². The van der Waals surface area contributed by atoms with Crippen molar-refractivity contribution in [3.63, 3.8) is 0 Å². The standard InChI is InChI=1S/C19H12Cl2N2O2S/c1-9-22-17(8-26-9)11-2-3-16-12(7-11)13(19(25)23-16)4-10-5-14(20)18(24)15(21)6-10/h2-8,24H,1H3,(H,23,25). The van der Waals surface area contributed by atoms with E-state index in [4.69, 9.17) is 23.2 Å². The summed E-state index contributed by atoms with van der Waals surface area (Å²) in [6.07, 6.45) is 1.70. The normalized spacial score (nSPS) is 14.6. The van der Waals surface area contributed by atoms with Gasteiger partial charge in [-0.15, -0.1) is 11.3 Å². The SMILES string of the molecule is Cc1nc(-c2ccc3c(c2)C(=Cc2cc(Cl)c(O)c(Cl)c2)C(=O)N3)cs1. The number of nitrogens with one attached hydrogen (secondary N) is 1. The Balaban J connectivity index is 1.81. The molecule has 26 heavy (non-hydrogen) atoms. The number of hydrogen-bond acceptors (Lipinski definition) is 4. The minimum absolute atomic E-state index is 0.134. The van der Waals surface area contributed by atoms with Gasteiger partial charge in [-0.25, -0.2) is 4.98 Å². The van der Waals surface area contributed by atoms with Crippen LogP contribution in [0.5, 0.6) is 5.75 Å². The van der Waals surface area contributed by atoms with Crippen molar-refractivity contribution in [3.05, 3.63) is 61.9 Å². The lowest BCUT2D eigenvalue weighted by Gasteiger charge is -2.04. The van der Waals surface area contributed by atoms with E-state index in [0.29, 0.717) is 11.1 Å². The van der Waals surface area contributed by atoms with Crippen LogP contribution < -0.4 is 5.32 Å². The first-order valence-electron chi connectivity index (χ1n) is 7.70. The number of halogens is 2. The number of thiazole rings is 1. The van der Waals surface area contributed by atoms with Crippen molar-refractivity contribution in [3.8, 4) is 17.0 Å². The minimum Gasteiger partial charge on any atom is -0.505 e. The van der Waals surface area contributed by atoms with E-state index in [-0.39, 0.29) is 21.7 Å². The number of anilines is 1. The molecule has 7 heteroatoms. The summed E-state index contributed by atoms with van der Waals surface area (Å²) in [5.74, 6) is -0.375. The van der Waals surface area contributed by atoms with E-state index in [1.807, 2.05) is 30.5 Å². The van der Waals surface area contributed by atoms with Crippen LogP contribution in [0.4, 0.5) is 5.69 Å². The number of aryl methyl sites for hydroxylation is 1. The highest BCUT2D eigenvalue weighted by atomic mass is 35.5. The Morgan fingerprint density at radius 2 is 1.92 bits per heavy atom. The largest absolute Gasteiger partial charge is 0.505 e. The summed E-state index contributed by atoms with van der Waals surface area (Å²) in [5.41, 5.74) is 4.49. The maximum absolute atomic E-state index is 12.4. The van der Waals surface area contributed by atoms with Gasteiger partial charge in [0.2, 0.25) is 0 Å². The third-order valence-corrected chi connectivity index (χ3v) is 5.42. The summed E-state index contributed by atoms with van der Waals surface area (Å²) in [7, 11) is 0. The molecule has 4 nitrogen and oxygen atoms in total. The fraction of sp³-hybridized carbons (Fsp3) is 0.0526.